The monoisotopic (exact) mass is 662 g/mol. The molecular weight excluding hydrogens is 619 g/mol. The number of aromatic nitrogens is 3. The van der Waals surface area contributed by atoms with E-state index in [1.807, 2.05) is 18.2 Å². The van der Waals surface area contributed by atoms with Crippen LogP contribution in [0.4, 0.5) is 16.2 Å². The Bertz CT molecular complexity index is 1720. The number of hydrogen-bond acceptors (Lipinski definition) is 7. The number of rotatable bonds is 9. The van der Waals surface area contributed by atoms with Crippen LogP contribution in [0.1, 0.15) is 58.3 Å². The van der Waals surface area contributed by atoms with Crippen molar-refractivity contribution < 1.29 is 9.13 Å². The van der Waals surface area contributed by atoms with E-state index >= 15 is 4.39 Å². The van der Waals surface area contributed by atoms with Gasteiger partial charge in [0.15, 0.2) is 0 Å². The summed E-state index contributed by atoms with van der Waals surface area (Å²) >= 11 is 7.11. The van der Waals surface area contributed by atoms with Gasteiger partial charge in [-0.05, 0) is 125 Å². The fourth-order valence-electron chi connectivity index (χ4n) is 7.94. The van der Waals surface area contributed by atoms with Crippen molar-refractivity contribution in [2.45, 2.75) is 70.4 Å². The molecule has 3 aromatic rings. The van der Waals surface area contributed by atoms with Gasteiger partial charge in [-0.15, -0.1) is 0 Å². The zero-order chi connectivity index (χ0) is 31.9. The van der Waals surface area contributed by atoms with Gasteiger partial charge in [-0.1, -0.05) is 34.4 Å². The van der Waals surface area contributed by atoms with Crippen molar-refractivity contribution in [3.63, 3.8) is 0 Å². The molecule has 46 heavy (non-hydrogen) atoms. The van der Waals surface area contributed by atoms with Gasteiger partial charge in [0.1, 0.15) is 17.2 Å². The molecule has 4 aliphatic rings. The molecule has 244 valence electrons. The van der Waals surface area contributed by atoms with Gasteiger partial charge >= 0.3 is 0 Å². The smallest absolute Gasteiger partial charge is 0.223 e. The largest absolute Gasteiger partial charge is 0.480 e. The van der Waals surface area contributed by atoms with E-state index in [2.05, 4.69) is 63.4 Å². The number of pyridine rings is 1. The maximum Gasteiger partial charge on any atom is 0.223 e. The summed E-state index contributed by atoms with van der Waals surface area (Å²) in [5.74, 6) is 4.11. The summed E-state index contributed by atoms with van der Waals surface area (Å²) in [6.07, 6.45) is 15.6. The predicted octanol–water partition coefficient (Wildman–Crippen LogP) is 8.61. The van der Waals surface area contributed by atoms with Crippen LogP contribution in [0.2, 0.25) is 0 Å². The maximum absolute atomic E-state index is 15.5. The lowest BCUT2D eigenvalue weighted by molar-refractivity contribution is -0.0483. The minimum absolute atomic E-state index is 0.296. The van der Waals surface area contributed by atoms with E-state index in [0.717, 1.165) is 59.8 Å². The second kappa shape index (κ2) is 13.2. The van der Waals surface area contributed by atoms with Gasteiger partial charge in [0, 0.05) is 45.1 Å². The van der Waals surface area contributed by atoms with Crippen molar-refractivity contribution in [3.8, 4) is 17.0 Å². The van der Waals surface area contributed by atoms with Crippen molar-refractivity contribution in [2.75, 3.05) is 31.2 Å². The molecule has 0 saturated heterocycles. The summed E-state index contributed by atoms with van der Waals surface area (Å²) in [6, 6.07) is 8.15. The SMILES string of the molecule is CC=S(Nc1ccc(-c2cc(F)c3nc(NC4CCC(N(C)C)CC4)ncc3c2)c(OC)n1)C1=C(Cl)C(C2CC3CCC32)CC=C1. The van der Waals surface area contributed by atoms with Crippen LogP contribution in [0, 0.1) is 29.5 Å². The average molecular weight is 663 g/mol. The molecule has 0 amide bonds. The number of fused-ring (bicyclic) bond motifs is 2. The summed E-state index contributed by atoms with van der Waals surface area (Å²) < 4.78 is 24.9. The number of nitrogens with one attached hydrogen (secondary N) is 2. The third-order valence-corrected chi connectivity index (χ3v) is 13.1. The second-order valence-electron chi connectivity index (χ2n) is 13.5. The molecule has 7 nitrogen and oxygen atoms in total. The van der Waals surface area contributed by atoms with E-state index in [9.17, 15) is 0 Å². The fraction of sp³-hybridized carbons (Fsp3) is 0.500. The highest BCUT2D eigenvalue weighted by Gasteiger charge is 2.50. The van der Waals surface area contributed by atoms with Gasteiger partial charge in [0.2, 0.25) is 11.8 Å². The normalized spacial score (nSPS) is 28.1. The van der Waals surface area contributed by atoms with E-state index in [4.69, 9.17) is 21.3 Å². The Hall–Kier alpha value is -3.01. The van der Waals surface area contributed by atoms with Crippen molar-refractivity contribution in [1.29, 1.82) is 0 Å². The lowest BCUT2D eigenvalue weighted by Crippen LogP contribution is -2.48. The van der Waals surface area contributed by atoms with E-state index in [0.29, 0.717) is 57.7 Å². The third-order valence-electron chi connectivity index (χ3n) is 10.8. The Morgan fingerprint density at radius 2 is 1.89 bits per heavy atom. The van der Waals surface area contributed by atoms with E-state index in [1.165, 1.54) is 25.3 Å². The molecule has 2 heterocycles. The summed E-state index contributed by atoms with van der Waals surface area (Å²) in [5.41, 5.74) is 1.66. The summed E-state index contributed by atoms with van der Waals surface area (Å²) in [5, 5.41) is 7.21. The van der Waals surface area contributed by atoms with Crippen molar-refractivity contribution >= 4 is 50.3 Å². The summed E-state index contributed by atoms with van der Waals surface area (Å²) in [4.78, 5) is 17.3. The van der Waals surface area contributed by atoms with Crippen molar-refractivity contribution in [3.05, 3.63) is 58.4 Å². The lowest BCUT2D eigenvalue weighted by atomic mass is 9.49. The predicted molar refractivity (Wildman–Crippen MR) is 190 cm³/mol. The molecule has 3 fully saturated rings. The number of methoxy groups -OCH3 is 1. The molecule has 0 bridgehead atoms. The topological polar surface area (TPSA) is 75.2 Å². The van der Waals surface area contributed by atoms with E-state index < -0.39 is 16.5 Å². The minimum Gasteiger partial charge on any atom is -0.480 e. The zero-order valence-electron chi connectivity index (χ0n) is 27.1. The Balaban J connectivity index is 1.08. The average Bonchev–Trinajstić information content (AvgIpc) is 3.05. The molecule has 0 radical (unpaired) electrons. The first-order chi connectivity index (χ1) is 22.3. The molecule has 7 rings (SSSR count). The first-order valence-corrected chi connectivity index (χ1v) is 18.3. The van der Waals surface area contributed by atoms with E-state index in [-0.39, 0.29) is 0 Å². The quantitative estimate of drug-likeness (QED) is 0.222. The van der Waals surface area contributed by atoms with Crippen LogP contribution < -0.4 is 14.8 Å². The Kier molecular flexibility index (Phi) is 9.09. The van der Waals surface area contributed by atoms with Crippen LogP contribution in [0.25, 0.3) is 22.0 Å². The number of nitrogens with zero attached hydrogens (tertiary/aromatic N) is 4. The van der Waals surface area contributed by atoms with E-state index in [1.54, 1.807) is 13.3 Å². The van der Waals surface area contributed by atoms with Crippen LogP contribution in [0.3, 0.4) is 0 Å². The highest BCUT2D eigenvalue weighted by molar-refractivity contribution is 8.19. The highest BCUT2D eigenvalue weighted by Crippen LogP contribution is 2.60. The Morgan fingerprint density at radius 3 is 2.57 bits per heavy atom. The van der Waals surface area contributed by atoms with Crippen LogP contribution in [-0.2, 0) is 0 Å². The van der Waals surface area contributed by atoms with Crippen molar-refractivity contribution in [2.24, 2.45) is 23.7 Å². The number of ether oxygens (including phenoxy) is 1. The highest BCUT2D eigenvalue weighted by atomic mass is 35.5. The summed E-state index contributed by atoms with van der Waals surface area (Å²) in [6.45, 7) is 2.05. The molecular formula is C36H44ClFN6OS. The first-order valence-electron chi connectivity index (χ1n) is 16.6. The Morgan fingerprint density at radius 1 is 1.07 bits per heavy atom. The van der Waals surface area contributed by atoms with Crippen LogP contribution >= 0.6 is 22.3 Å². The summed E-state index contributed by atoms with van der Waals surface area (Å²) in [7, 11) is 5.43. The van der Waals surface area contributed by atoms with Crippen LogP contribution in [0.5, 0.6) is 5.88 Å². The second-order valence-corrected chi connectivity index (χ2v) is 15.7. The number of allylic oxidation sites excluding steroid dienone is 3. The molecule has 10 heteroatoms. The van der Waals surface area contributed by atoms with Crippen molar-refractivity contribution in [1.82, 2.24) is 19.9 Å². The van der Waals surface area contributed by atoms with Crippen LogP contribution in [-0.4, -0.2) is 58.5 Å². The number of halogens is 2. The number of benzene rings is 1. The van der Waals surface area contributed by atoms with Gasteiger partial charge < -0.3 is 19.7 Å². The molecule has 2 aromatic heterocycles. The fourth-order valence-corrected chi connectivity index (χ4v) is 9.93. The number of anilines is 2. The van der Waals surface area contributed by atoms with Gasteiger partial charge in [0.05, 0.1) is 7.11 Å². The molecule has 0 aliphatic heterocycles. The van der Waals surface area contributed by atoms with Gasteiger partial charge in [-0.2, -0.15) is 4.98 Å². The van der Waals surface area contributed by atoms with Gasteiger partial charge in [-0.25, -0.2) is 14.4 Å². The minimum atomic E-state index is -0.426. The molecule has 4 aliphatic carbocycles. The molecule has 5 unspecified atom stereocenters. The zero-order valence-corrected chi connectivity index (χ0v) is 28.7. The maximum atomic E-state index is 15.5. The van der Waals surface area contributed by atoms with Gasteiger partial charge in [0.25, 0.3) is 0 Å². The number of hydrogen-bond donors (Lipinski definition) is 2. The molecule has 0 spiro atoms. The first kappa shape index (κ1) is 31.6. The van der Waals surface area contributed by atoms with Gasteiger partial charge in [-0.3, -0.25) is 0 Å². The standard InChI is InChI=1S/C36H44ClFN6OS/c1-5-46(31-8-6-7-28(33(31)37)29-18-21-9-14-26(21)29)43-32-16-15-27(35(41-32)45-4)22-17-23-20-39-36(42-34(23)30(38)19-22)40-24-10-12-25(13-11-24)44(2)3/h5-6,8,15-17,19-21,24-26,28-29H,7,9-14,18H2,1-4H3,(H,41,43)(H,39,40,42). The lowest BCUT2D eigenvalue weighted by Gasteiger charge is -2.56. The Labute approximate surface area is 279 Å². The molecule has 1 aromatic carbocycles. The molecule has 3 saturated carbocycles. The molecule has 2 N–H and O–H groups in total. The van der Waals surface area contributed by atoms with Crippen LogP contribution in [0.15, 0.2) is 52.6 Å². The third kappa shape index (κ3) is 6.06. The molecule has 5 atom stereocenters.